The molecule has 0 saturated heterocycles. The van der Waals surface area contributed by atoms with Gasteiger partial charge in [0.1, 0.15) is 32.2 Å². The second-order valence-corrected chi connectivity index (χ2v) is 11.4. The maximum Gasteiger partial charge on any atom is 0.341 e. The first-order valence-electron chi connectivity index (χ1n) is 12.4. The number of nitrogens with zero attached hydrogens (tertiary/aromatic N) is 2. The van der Waals surface area contributed by atoms with Crippen LogP contribution in [0.3, 0.4) is 0 Å². The highest BCUT2D eigenvalue weighted by molar-refractivity contribution is 7.21. The summed E-state index contributed by atoms with van der Waals surface area (Å²) in [7, 11) is 1.35. The van der Waals surface area contributed by atoms with E-state index in [9.17, 15) is 14.9 Å². The van der Waals surface area contributed by atoms with Gasteiger partial charge in [-0.1, -0.05) is 42.7 Å². The van der Waals surface area contributed by atoms with Gasteiger partial charge in [-0.2, -0.15) is 5.26 Å². The molecule has 0 atom stereocenters. The molecule has 0 bridgehead atoms. The Morgan fingerprint density at radius 3 is 2.47 bits per heavy atom. The summed E-state index contributed by atoms with van der Waals surface area (Å²) in [6.45, 7) is 1.97. The van der Waals surface area contributed by atoms with Gasteiger partial charge >= 0.3 is 5.97 Å². The molecule has 3 aromatic heterocycles. The minimum atomic E-state index is -0.461. The maximum absolute atomic E-state index is 13.6. The Bertz CT molecular complexity index is 1610. The van der Waals surface area contributed by atoms with Crippen LogP contribution in [0.25, 0.3) is 21.3 Å². The summed E-state index contributed by atoms with van der Waals surface area (Å²) in [5, 5.41) is 13.8. The van der Waals surface area contributed by atoms with Gasteiger partial charge in [-0.15, -0.1) is 22.7 Å². The Morgan fingerprint density at radius 2 is 1.79 bits per heavy atom. The largest absolute Gasteiger partial charge is 0.465 e. The van der Waals surface area contributed by atoms with E-state index in [0.29, 0.717) is 26.3 Å². The molecular weight excluding hydrogens is 518 g/mol. The number of aromatic nitrogens is 1. The number of ether oxygens (including phenoxy) is 1. The topological polar surface area (TPSA) is 144 Å². The SMILES string of the molecule is COC(=O)c1c(NC(=O)c2sc3nc(N)c(C#N)c(-c4ccc(C)cc4)c3c2N)sc2c1CCCCCC2. The number of methoxy groups -OCH3 is 1. The summed E-state index contributed by atoms with van der Waals surface area (Å²) in [5.74, 6) is -0.830. The zero-order valence-corrected chi connectivity index (χ0v) is 22.8. The van der Waals surface area contributed by atoms with Crippen molar-refractivity contribution in [1.82, 2.24) is 4.98 Å². The number of thiophene rings is 2. The number of rotatable bonds is 4. The molecule has 0 saturated carbocycles. The van der Waals surface area contributed by atoms with E-state index in [-0.39, 0.29) is 21.9 Å². The third-order valence-electron chi connectivity index (χ3n) is 6.85. The van der Waals surface area contributed by atoms with E-state index in [1.807, 2.05) is 31.2 Å². The number of anilines is 3. The number of carbonyl (C=O) groups excluding carboxylic acids is 2. The molecule has 0 radical (unpaired) electrons. The average Bonchev–Trinajstić information content (AvgIpc) is 3.39. The molecule has 1 aromatic carbocycles. The summed E-state index contributed by atoms with van der Waals surface area (Å²) in [6.07, 6.45) is 5.93. The van der Waals surface area contributed by atoms with E-state index >= 15 is 0 Å². The van der Waals surface area contributed by atoms with Crippen LogP contribution in [0.4, 0.5) is 16.5 Å². The lowest BCUT2D eigenvalue weighted by Gasteiger charge is -2.11. The number of fused-ring (bicyclic) bond motifs is 2. The van der Waals surface area contributed by atoms with Gasteiger partial charge in [-0.25, -0.2) is 9.78 Å². The third-order valence-corrected chi connectivity index (χ3v) is 9.16. The predicted molar refractivity (Wildman–Crippen MR) is 153 cm³/mol. The van der Waals surface area contributed by atoms with Crippen molar-refractivity contribution in [2.24, 2.45) is 0 Å². The fourth-order valence-corrected chi connectivity index (χ4v) is 7.23. The molecule has 10 heteroatoms. The van der Waals surface area contributed by atoms with Crippen molar-refractivity contribution < 1.29 is 14.3 Å². The van der Waals surface area contributed by atoms with Gasteiger partial charge in [0.25, 0.3) is 5.91 Å². The number of nitrogens with one attached hydrogen (secondary N) is 1. The Morgan fingerprint density at radius 1 is 1.08 bits per heavy atom. The number of aryl methyl sites for hydroxylation is 2. The number of nitriles is 1. The van der Waals surface area contributed by atoms with Crippen molar-refractivity contribution in [2.45, 2.75) is 45.4 Å². The average molecular weight is 546 g/mol. The Balaban J connectivity index is 1.61. The van der Waals surface area contributed by atoms with Crippen molar-refractivity contribution >= 4 is 61.3 Å². The number of hydrogen-bond acceptors (Lipinski definition) is 9. The van der Waals surface area contributed by atoms with Crippen molar-refractivity contribution in [1.29, 1.82) is 5.26 Å². The van der Waals surface area contributed by atoms with Crippen LogP contribution >= 0.6 is 22.7 Å². The van der Waals surface area contributed by atoms with E-state index in [0.717, 1.165) is 71.4 Å². The van der Waals surface area contributed by atoms with Crippen LogP contribution in [0.5, 0.6) is 0 Å². The highest BCUT2D eigenvalue weighted by Crippen LogP contribution is 2.44. The van der Waals surface area contributed by atoms with Crippen molar-refractivity contribution in [3.8, 4) is 17.2 Å². The zero-order chi connectivity index (χ0) is 27.0. The quantitative estimate of drug-likeness (QED) is 0.264. The highest BCUT2D eigenvalue weighted by atomic mass is 32.1. The minimum absolute atomic E-state index is 0.0785. The molecule has 0 unspecified atom stereocenters. The van der Waals surface area contributed by atoms with E-state index in [1.54, 1.807) is 0 Å². The molecule has 38 heavy (non-hydrogen) atoms. The molecule has 5 rings (SSSR count). The van der Waals surface area contributed by atoms with Gasteiger partial charge < -0.3 is 21.5 Å². The Labute approximate surface area is 228 Å². The summed E-state index contributed by atoms with van der Waals surface area (Å²) in [5.41, 5.74) is 16.9. The van der Waals surface area contributed by atoms with Crippen molar-refractivity contribution in [3.05, 3.63) is 56.3 Å². The first-order valence-corrected chi connectivity index (χ1v) is 14.0. The lowest BCUT2D eigenvalue weighted by Crippen LogP contribution is -2.15. The van der Waals surface area contributed by atoms with Crippen LogP contribution in [0.15, 0.2) is 24.3 Å². The van der Waals surface area contributed by atoms with Crippen LogP contribution in [0, 0.1) is 18.3 Å². The normalized spacial score (nSPS) is 13.3. The molecule has 1 aliphatic carbocycles. The summed E-state index contributed by atoms with van der Waals surface area (Å²) < 4.78 is 5.08. The van der Waals surface area contributed by atoms with E-state index in [4.69, 9.17) is 16.2 Å². The molecule has 3 heterocycles. The smallest absolute Gasteiger partial charge is 0.341 e. The molecule has 4 aromatic rings. The van der Waals surface area contributed by atoms with E-state index in [2.05, 4.69) is 16.4 Å². The standard InChI is InChI=1S/C28H27N5O3S2/c1-14-9-11-15(12-10-14)19-17(13-29)24(31)32-27-21(19)22(30)23(38-27)25(34)33-26-20(28(35)36-2)16-7-5-3-4-6-8-18(16)37-26/h9-12H,3-8,30H2,1-2H3,(H2,31,32)(H,33,34). The maximum atomic E-state index is 13.6. The molecule has 5 N–H and O–H groups in total. The molecule has 0 fully saturated rings. The molecule has 1 aliphatic rings. The number of amides is 1. The fourth-order valence-electron chi connectivity index (χ4n) is 4.95. The van der Waals surface area contributed by atoms with Crippen molar-refractivity contribution in [3.63, 3.8) is 0 Å². The number of carbonyl (C=O) groups is 2. The summed E-state index contributed by atoms with van der Waals surface area (Å²) >= 11 is 2.54. The van der Waals surface area contributed by atoms with Crippen LogP contribution in [-0.2, 0) is 17.6 Å². The van der Waals surface area contributed by atoms with Crippen LogP contribution < -0.4 is 16.8 Å². The van der Waals surface area contributed by atoms with Crippen LogP contribution in [-0.4, -0.2) is 24.0 Å². The number of nitrogens with two attached hydrogens (primary N) is 2. The molecule has 1 amide bonds. The Hall–Kier alpha value is -3.94. The molecule has 194 valence electrons. The molecule has 0 aliphatic heterocycles. The van der Waals surface area contributed by atoms with Gasteiger partial charge in [-0.3, -0.25) is 4.79 Å². The van der Waals surface area contributed by atoms with Gasteiger partial charge in [0.15, 0.2) is 0 Å². The third kappa shape index (κ3) is 4.48. The van der Waals surface area contributed by atoms with Gasteiger partial charge in [-0.05, 0) is 43.7 Å². The predicted octanol–water partition coefficient (Wildman–Crippen LogP) is 6.07. The van der Waals surface area contributed by atoms with Gasteiger partial charge in [0, 0.05) is 15.8 Å². The van der Waals surface area contributed by atoms with Crippen LogP contribution in [0.2, 0.25) is 0 Å². The number of nitrogen functional groups attached to an aromatic ring is 2. The van der Waals surface area contributed by atoms with Gasteiger partial charge in [0.05, 0.1) is 18.4 Å². The van der Waals surface area contributed by atoms with Crippen LogP contribution in [0.1, 0.15) is 67.3 Å². The van der Waals surface area contributed by atoms with Gasteiger partial charge in [0.2, 0.25) is 0 Å². The molecule has 8 nitrogen and oxygen atoms in total. The van der Waals surface area contributed by atoms with E-state index < -0.39 is 11.9 Å². The summed E-state index contributed by atoms with van der Waals surface area (Å²) in [4.78, 5) is 32.6. The lowest BCUT2D eigenvalue weighted by molar-refractivity contribution is 0.0601. The first kappa shape index (κ1) is 25.7. The second kappa shape index (κ2) is 10.4. The van der Waals surface area contributed by atoms with E-state index in [1.165, 1.54) is 18.4 Å². The van der Waals surface area contributed by atoms with Crippen molar-refractivity contribution in [2.75, 3.05) is 23.9 Å². The molecule has 0 spiro atoms. The highest BCUT2D eigenvalue weighted by Gasteiger charge is 2.29. The second-order valence-electron chi connectivity index (χ2n) is 9.32. The molecular formula is C28H27N5O3S2. The number of benzene rings is 1. The number of esters is 1. The Kier molecular flexibility index (Phi) is 7.06. The zero-order valence-electron chi connectivity index (χ0n) is 21.1. The summed E-state index contributed by atoms with van der Waals surface area (Å²) in [6, 6.07) is 9.81. The minimum Gasteiger partial charge on any atom is -0.465 e. The first-order chi connectivity index (χ1) is 18.3. The fraction of sp³-hybridized carbons (Fsp3) is 0.286. The number of pyridine rings is 1. The number of hydrogen-bond donors (Lipinski definition) is 3. The monoisotopic (exact) mass is 545 g/mol. The lowest BCUT2D eigenvalue weighted by atomic mass is 9.96.